The molecule has 0 saturated carbocycles. The Kier molecular flexibility index (Phi) is 4.91. The molecule has 1 saturated heterocycles. The molecule has 1 aromatic heterocycles. The van der Waals surface area contributed by atoms with E-state index in [2.05, 4.69) is 16.3 Å². The fourth-order valence-corrected chi connectivity index (χ4v) is 3.04. The van der Waals surface area contributed by atoms with Crippen LogP contribution in [0.3, 0.4) is 0 Å². The number of hydrogen-bond donors (Lipinski definition) is 5. The van der Waals surface area contributed by atoms with Gasteiger partial charge in [-0.05, 0) is 18.7 Å². The molecule has 13 heteroatoms. The van der Waals surface area contributed by atoms with Crippen molar-refractivity contribution in [3.8, 4) is 0 Å². The average molecular weight is 372 g/mol. The lowest BCUT2D eigenvalue weighted by Gasteiger charge is -2.27. The van der Waals surface area contributed by atoms with Gasteiger partial charge in [-0.1, -0.05) is 0 Å². The minimum absolute atomic E-state index is 0.0309. The molecule has 0 radical (unpaired) electrons. The van der Waals surface area contributed by atoms with Crippen LogP contribution in [0.1, 0.15) is 11.8 Å². The summed E-state index contributed by atoms with van der Waals surface area (Å²) in [5.74, 6) is -3.43. The van der Waals surface area contributed by atoms with Crippen molar-refractivity contribution in [3.63, 3.8) is 0 Å². The minimum Gasteiger partial charge on any atom is -0.394 e. The van der Waals surface area contributed by atoms with Gasteiger partial charge in [0, 0.05) is 11.8 Å². The van der Waals surface area contributed by atoms with Crippen molar-refractivity contribution in [2.24, 2.45) is 0 Å². The summed E-state index contributed by atoms with van der Waals surface area (Å²) in [5.41, 5.74) is -1.76. The molecule has 0 bridgehead atoms. The van der Waals surface area contributed by atoms with Crippen LogP contribution in [0.15, 0.2) is 15.8 Å². The molecule has 23 heavy (non-hydrogen) atoms. The number of rotatable bonds is 4. The molecule has 2 heterocycles. The predicted octanol–water partition coefficient (Wildman–Crippen LogP) is -2.01. The molecule has 1 aromatic rings. The number of hydrogen-bond acceptors (Lipinski definition) is 7. The average Bonchev–Trinajstić information content (AvgIpc) is 2.64. The van der Waals surface area contributed by atoms with E-state index in [1.54, 1.807) is 0 Å². The summed E-state index contributed by atoms with van der Waals surface area (Å²) in [4.78, 5) is 43.3. The summed E-state index contributed by atoms with van der Waals surface area (Å²) in [6, 6.07) is 0. The Morgan fingerprint density at radius 3 is 2.70 bits per heavy atom. The second-order valence-electron chi connectivity index (χ2n) is 4.93. The molecule has 1 fully saturated rings. The first kappa shape index (κ1) is 18.4. The second kappa shape index (κ2) is 6.15. The molecule has 5 N–H and O–H groups in total. The van der Waals surface area contributed by atoms with Gasteiger partial charge in [0.1, 0.15) is 6.10 Å². The van der Waals surface area contributed by atoms with E-state index in [4.69, 9.17) is 14.5 Å². The van der Waals surface area contributed by atoms with Gasteiger partial charge >= 0.3 is 12.4 Å². The van der Waals surface area contributed by atoms with E-state index in [0.717, 1.165) is 6.20 Å². The van der Waals surface area contributed by atoms with Gasteiger partial charge < -0.3 is 24.7 Å². The highest BCUT2D eigenvalue weighted by molar-refractivity contribution is 8.06. The van der Waals surface area contributed by atoms with Gasteiger partial charge in [-0.2, -0.15) is 0 Å². The molecule has 1 aliphatic rings. The molecule has 130 valence electrons. The predicted molar refractivity (Wildman–Crippen MR) is 76.7 cm³/mol. The quantitative estimate of drug-likeness (QED) is 0.377. The van der Waals surface area contributed by atoms with Crippen LogP contribution < -0.4 is 11.2 Å². The zero-order valence-corrected chi connectivity index (χ0v) is 13.3. The fraction of sp³-hybridized carbons (Fsp3) is 0.600. The van der Waals surface area contributed by atoms with Crippen molar-refractivity contribution in [2.75, 3.05) is 6.61 Å². The zero-order chi connectivity index (χ0) is 17.6. The number of halogens is 1. The van der Waals surface area contributed by atoms with E-state index in [0.29, 0.717) is 4.57 Å². The third kappa shape index (κ3) is 3.59. The van der Waals surface area contributed by atoms with E-state index in [9.17, 15) is 24.2 Å². The molecule has 0 spiro atoms. The number of aliphatic hydroxyl groups is 2. The van der Waals surface area contributed by atoms with Gasteiger partial charge in [-0.15, -0.1) is 0 Å². The second-order valence-corrected chi connectivity index (χ2v) is 7.55. The number of aromatic amines is 1. The molecular formula is C10H14FN2O8PS. The lowest BCUT2D eigenvalue weighted by Crippen LogP contribution is -2.47. The van der Waals surface area contributed by atoms with E-state index in [1.807, 2.05) is 4.98 Å². The molecule has 0 unspecified atom stereocenters. The largest absolute Gasteiger partial charge is 0.394 e. The van der Waals surface area contributed by atoms with E-state index >= 15 is 0 Å². The van der Waals surface area contributed by atoms with Crippen molar-refractivity contribution < 1.29 is 33.7 Å². The zero-order valence-electron chi connectivity index (χ0n) is 11.6. The SMILES string of the molecule is Cc1cn([C@@H]2O[C@H](CO)[C@@H](OP(O)(O)=S)[C@]2(O)F)c(=O)[nH]c1=O. The van der Waals surface area contributed by atoms with E-state index in [1.165, 1.54) is 6.92 Å². The molecule has 10 nitrogen and oxygen atoms in total. The summed E-state index contributed by atoms with van der Waals surface area (Å²) in [7, 11) is 0. The summed E-state index contributed by atoms with van der Waals surface area (Å²) in [6.45, 7) is -3.92. The smallest absolute Gasteiger partial charge is 0.330 e. The standard InChI is InChI=1S/C10H14FN2O8PS/c1-4-2-13(9(16)12-7(4)15)8-10(11,17)6(5(3-14)20-8)21-22(18,19)23/h2,5-6,8,14,17H,3H2,1H3,(H,12,15,16)(H2,18,19,23)/t5-,6-,8-,10-/m1/s1. The van der Waals surface area contributed by atoms with Gasteiger partial charge in [-0.25, -0.2) is 9.18 Å². The van der Waals surface area contributed by atoms with Gasteiger partial charge in [0.25, 0.3) is 11.4 Å². The highest BCUT2D eigenvalue weighted by Crippen LogP contribution is 2.48. The topological polar surface area (TPSA) is 154 Å². The first-order chi connectivity index (χ1) is 10.5. The number of H-pyrrole nitrogens is 1. The Hall–Kier alpha value is -0.980. The maximum atomic E-state index is 14.7. The third-order valence-electron chi connectivity index (χ3n) is 3.22. The van der Waals surface area contributed by atoms with Crippen LogP contribution in [0.25, 0.3) is 0 Å². The highest BCUT2D eigenvalue weighted by atomic mass is 32.5. The van der Waals surface area contributed by atoms with E-state index in [-0.39, 0.29) is 5.56 Å². The van der Waals surface area contributed by atoms with Gasteiger partial charge in [0.05, 0.1) is 6.61 Å². The Morgan fingerprint density at radius 2 is 2.17 bits per heavy atom. The first-order valence-electron chi connectivity index (χ1n) is 6.21. The number of nitrogens with one attached hydrogen (secondary N) is 1. The number of alkyl halides is 1. The van der Waals surface area contributed by atoms with Crippen LogP contribution in [0.2, 0.25) is 0 Å². The Bertz CT molecular complexity index is 758. The van der Waals surface area contributed by atoms with Crippen molar-refractivity contribution in [2.45, 2.75) is 31.2 Å². The van der Waals surface area contributed by atoms with Crippen molar-refractivity contribution in [3.05, 3.63) is 32.6 Å². The molecule has 4 atom stereocenters. The Balaban J connectivity index is 2.49. The number of aromatic nitrogens is 2. The van der Waals surface area contributed by atoms with Gasteiger partial charge in [0.2, 0.25) is 0 Å². The monoisotopic (exact) mass is 372 g/mol. The van der Waals surface area contributed by atoms with Crippen LogP contribution in [0.5, 0.6) is 0 Å². The fourth-order valence-electron chi connectivity index (χ4n) is 2.18. The van der Waals surface area contributed by atoms with Crippen molar-refractivity contribution in [1.29, 1.82) is 0 Å². The molecule has 0 aromatic carbocycles. The lowest BCUT2D eigenvalue weighted by molar-refractivity contribution is -0.193. The summed E-state index contributed by atoms with van der Waals surface area (Å²) < 4.78 is 24.8. The van der Waals surface area contributed by atoms with Crippen LogP contribution in [-0.2, 0) is 21.1 Å². The minimum atomic E-state index is -4.40. The van der Waals surface area contributed by atoms with Gasteiger partial charge in [-0.3, -0.25) is 18.9 Å². The maximum Gasteiger partial charge on any atom is 0.330 e. The maximum absolute atomic E-state index is 14.7. The number of ether oxygens (including phenoxy) is 1. The summed E-state index contributed by atoms with van der Waals surface area (Å²) in [5, 5.41) is 19.2. The van der Waals surface area contributed by atoms with Crippen LogP contribution >= 0.6 is 6.72 Å². The third-order valence-corrected chi connectivity index (χ3v) is 3.98. The van der Waals surface area contributed by atoms with Gasteiger partial charge in [0.15, 0.2) is 12.3 Å². The van der Waals surface area contributed by atoms with Crippen LogP contribution in [0.4, 0.5) is 4.39 Å². The normalized spacial score (nSPS) is 31.5. The number of nitrogens with zero attached hydrogens (tertiary/aromatic N) is 1. The van der Waals surface area contributed by atoms with Crippen LogP contribution in [-0.4, -0.2) is 54.2 Å². The highest BCUT2D eigenvalue weighted by Gasteiger charge is 2.60. The first-order valence-corrected chi connectivity index (χ1v) is 8.83. The van der Waals surface area contributed by atoms with Crippen molar-refractivity contribution in [1.82, 2.24) is 9.55 Å². The van der Waals surface area contributed by atoms with Crippen molar-refractivity contribution >= 4 is 18.5 Å². The molecular weight excluding hydrogens is 358 g/mol. The lowest BCUT2D eigenvalue weighted by atomic mass is 10.1. The molecule has 0 amide bonds. The summed E-state index contributed by atoms with van der Waals surface area (Å²) in [6.07, 6.45) is -4.65. The number of aryl methyl sites for hydroxylation is 1. The number of aliphatic hydroxyl groups excluding tert-OH is 1. The van der Waals surface area contributed by atoms with Crippen LogP contribution in [0, 0.1) is 6.92 Å². The Labute approximate surface area is 133 Å². The molecule has 2 rings (SSSR count). The Morgan fingerprint density at radius 1 is 1.57 bits per heavy atom. The van der Waals surface area contributed by atoms with E-state index < -0.39 is 48.9 Å². The molecule has 0 aliphatic carbocycles. The summed E-state index contributed by atoms with van der Waals surface area (Å²) >= 11 is 4.21. The molecule has 1 aliphatic heterocycles.